The molecule has 4 nitrogen and oxygen atoms in total. The molecule has 0 saturated carbocycles. The van der Waals surface area contributed by atoms with E-state index in [1.165, 1.54) is 0 Å². The Balaban J connectivity index is 2.23. The van der Waals surface area contributed by atoms with Crippen LogP contribution in [0, 0.1) is 6.92 Å². The number of rotatable bonds is 4. The molecular formula is C15H18N2O2. The molecule has 0 aliphatic heterocycles. The van der Waals surface area contributed by atoms with Gasteiger partial charge in [0, 0.05) is 29.2 Å². The van der Waals surface area contributed by atoms with Crippen molar-refractivity contribution in [3.63, 3.8) is 0 Å². The van der Waals surface area contributed by atoms with Crippen LogP contribution < -0.4 is 4.74 Å². The molecule has 2 rings (SSSR count). The largest absolute Gasteiger partial charge is 0.489 e. The molecule has 2 heterocycles. The number of hydrogen-bond acceptors (Lipinski definition) is 4. The SMILES string of the molecule is Cc1ccc(C(O)c2cncc(OC(C)C)c2)cn1. The van der Waals surface area contributed by atoms with Gasteiger partial charge in [-0.1, -0.05) is 6.07 Å². The summed E-state index contributed by atoms with van der Waals surface area (Å²) in [6.07, 6.45) is 4.30. The highest BCUT2D eigenvalue weighted by Gasteiger charge is 2.12. The van der Waals surface area contributed by atoms with Crippen molar-refractivity contribution < 1.29 is 9.84 Å². The molecule has 0 bridgehead atoms. The molecule has 1 atom stereocenters. The summed E-state index contributed by atoms with van der Waals surface area (Å²) < 4.78 is 5.57. The maximum atomic E-state index is 10.3. The Morgan fingerprint density at radius 2 is 1.89 bits per heavy atom. The molecule has 4 heteroatoms. The van der Waals surface area contributed by atoms with E-state index in [9.17, 15) is 5.11 Å². The molecule has 100 valence electrons. The van der Waals surface area contributed by atoms with Gasteiger partial charge in [-0.15, -0.1) is 0 Å². The van der Waals surface area contributed by atoms with E-state index < -0.39 is 6.10 Å². The van der Waals surface area contributed by atoms with E-state index in [2.05, 4.69) is 9.97 Å². The van der Waals surface area contributed by atoms with Gasteiger partial charge >= 0.3 is 0 Å². The molecule has 2 aromatic rings. The fourth-order valence-electron chi connectivity index (χ4n) is 1.76. The van der Waals surface area contributed by atoms with E-state index in [0.29, 0.717) is 11.3 Å². The van der Waals surface area contributed by atoms with Crippen molar-refractivity contribution in [2.45, 2.75) is 33.0 Å². The summed E-state index contributed by atoms with van der Waals surface area (Å²) in [5.74, 6) is 0.659. The van der Waals surface area contributed by atoms with Gasteiger partial charge in [0.1, 0.15) is 11.9 Å². The molecule has 0 radical (unpaired) electrons. The van der Waals surface area contributed by atoms with Crippen LogP contribution in [-0.4, -0.2) is 21.2 Å². The molecule has 19 heavy (non-hydrogen) atoms. The quantitative estimate of drug-likeness (QED) is 0.916. The van der Waals surface area contributed by atoms with E-state index in [-0.39, 0.29) is 6.10 Å². The summed E-state index contributed by atoms with van der Waals surface area (Å²) in [6, 6.07) is 5.54. The summed E-state index contributed by atoms with van der Waals surface area (Å²) in [6.45, 7) is 5.81. The summed E-state index contributed by atoms with van der Waals surface area (Å²) in [5, 5.41) is 10.3. The standard InChI is InChI=1S/C15H18N2O2/c1-10(2)19-14-6-13(7-16-9-14)15(18)12-5-4-11(3)17-8-12/h4-10,15,18H,1-3H3. The van der Waals surface area contributed by atoms with Gasteiger partial charge in [0.2, 0.25) is 0 Å². The van der Waals surface area contributed by atoms with Crippen molar-refractivity contribution in [3.8, 4) is 5.75 Å². The zero-order valence-corrected chi connectivity index (χ0v) is 11.4. The molecule has 1 unspecified atom stereocenters. The van der Waals surface area contributed by atoms with Crippen molar-refractivity contribution in [2.75, 3.05) is 0 Å². The van der Waals surface area contributed by atoms with E-state index >= 15 is 0 Å². The average Bonchev–Trinajstić information content (AvgIpc) is 2.38. The topological polar surface area (TPSA) is 55.2 Å². The average molecular weight is 258 g/mol. The minimum Gasteiger partial charge on any atom is -0.489 e. The lowest BCUT2D eigenvalue weighted by Crippen LogP contribution is -2.07. The van der Waals surface area contributed by atoms with Crippen LogP contribution in [-0.2, 0) is 0 Å². The smallest absolute Gasteiger partial charge is 0.138 e. The van der Waals surface area contributed by atoms with Crippen molar-refractivity contribution in [1.82, 2.24) is 9.97 Å². The Labute approximate surface area is 113 Å². The summed E-state index contributed by atoms with van der Waals surface area (Å²) in [5.41, 5.74) is 2.36. The van der Waals surface area contributed by atoms with E-state index in [1.807, 2.05) is 32.9 Å². The first-order chi connectivity index (χ1) is 9.06. The molecular weight excluding hydrogens is 240 g/mol. The number of hydrogen-bond donors (Lipinski definition) is 1. The van der Waals surface area contributed by atoms with Crippen LogP contribution in [0.15, 0.2) is 36.8 Å². The van der Waals surface area contributed by atoms with Crippen LogP contribution in [0.4, 0.5) is 0 Å². The van der Waals surface area contributed by atoms with Crippen LogP contribution >= 0.6 is 0 Å². The summed E-state index contributed by atoms with van der Waals surface area (Å²) in [4.78, 5) is 8.28. The first-order valence-electron chi connectivity index (χ1n) is 6.28. The van der Waals surface area contributed by atoms with Gasteiger partial charge in [-0.25, -0.2) is 0 Å². The highest BCUT2D eigenvalue weighted by molar-refractivity contribution is 5.31. The van der Waals surface area contributed by atoms with E-state index in [0.717, 1.165) is 11.3 Å². The number of aryl methyl sites for hydroxylation is 1. The molecule has 0 aliphatic rings. The maximum absolute atomic E-state index is 10.3. The Morgan fingerprint density at radius 1 is 1.11 bits per heavy atom. The van der Waals surface area contributed by atoms with Gasteiger partial charge in [-0.3, -0.25) is 9.97 Å². The zero-order chi connectivity index (χ0) is 13.8. The lowest BCUT2D eigenvalue weighted by Gasteiger charge is -2.14. The first kappa shape index (κ1) is 13.5. The van der Waals surface area contributed by atoms with Gasteiger partial charge in [0.15, 0.2) is 0 Å². The second-order valence-electron chi connectivity index (χ2n) is 4.76. The van der Waals surface area contributed by atoms with Crippen molar-refractivity contribution >= 4 is 0 Å². The first-order valence-corrected chi connectivity index (χ1v) is 6.28. The second-order valence-corrected chi connectivity index (χ2v) is 4.76. The van der Waals surface area contributed by atoms with Crippen LogP contribution in [0.2, 0.25) is 0 Å². The summed E-state index contributed by atoms with van der Waals surface area (Å²) >= 11 is 0. The van der Waals surface area contributed by atoms with Crippen LogP contribution in [0.3, 0.4) is 0 Å². The summed E-state index contributed by atoms with van der Waals surface area (Å²) in [7, 11) is 0. The van der Waals surface area contributed by atoms with Gasteiger partial charge in [0.25, 0.3) is 0 Å². The number of pyridine rings is 2. The predicted molar refractivity (Wildman–Crippen MR) is 73.0 cm³/mol. The minimum atomic E-state index is -0.740. The van der Waals surface area contributed by atoms with Gasteiger partial charge in [0.05, 0.1) is 12.3 Å². The van der Waals surface area contributed by atoms with Crippen molar-refractivity contribution in [2.24, 2.45) is 0 Å². The lowest BCUT2D eigenvalue weighted by atomic mass is 10.0. The third kappa shape index (κ3) is 3.51. The van der Waals surface area contributed by atoms with Gasteiger partial charge < -0.3 is 9.84 Å². The maximum Gasteiger partial charge on any atom is 0.138 e. The molecule has 1 N–H and O–H groups in total. The number of aliphatic hydroxyl groups excluding tert-OH is 1. The third-order valence-corrected chi connectivity index (χ3v) is 2.67. The van der Waals surface area contributed by atoms with Gasteiger partial charge in [-0.05, 0) is 32.9 Å². The zero-order valence-electron chi connectivity index (χ0n) is 11.4. The normalized spacial score (nSPS) is 12.5. The van der Waals surface area contributed by atoms with E-state index in [1.54, 1.807) is 24.7 Å². The predicted octanol–water partition coefficient (Wildman–Crippen LogP) is 2.65. The monoisotopic (exact) mass is 258 g/mol. The molecule has 2 aromatic heterocycles. The Kier molecular flexibility index (Phi) is 4.12. The Hall–Kier alpha value is -1.94. The molecule has 0 amide bonds. The Bertz CT molecular complexity index is 538. The molecule has 0 aliphatic carbocycles. The minimum absolute atomic E-state index is 0.0789. The lowest BCUT2D eigenvalue weighted by molar-refractivity contribution is 0.215. The van der Waals surface area contributed by atoms with Crippen molar-refractivity contribution in [3.05, 3.63) is 53.6 Å². The molecule has 0 spiro atoms. The fraction of sp³-hybridized carbons (Fsp3) is 0.333. The van der Waals surface area contributed by atoms with Gasteiger partial charge in [-0.2, -0.15) is 0 Å². The van der Waals surface area contributed by atoms with Crippen LogP contribution in [0.5, 0.6) is 5.75 Å². The highest BCUT2D eigenvalue weighted by atomic mass is 16.5. The Morgan fingerprint density at radius 3 is 2.53 bits per heavy atom. The number of nitrogens with zero attached hydrogens (tertiary/aromatic N) is 2. The van der Waals surface area contributed by atoms with Crippen LogP contribution in [0.1, 0.15) is 36.8 Å². The molecule has 0 aromatic carbocycles. The fourth-order valence-corrected chi connectivity index (χ4v) is 1.76. The third-order valence-electron chi connectivity index (χ3n) is 2.67. The number of aliphatic hydroxyl groups is 1. The number of ether oxygens (including phenoxy) is 1. The second kappa shape index (κ2) is 5.80. The highest BCUT2D eigenvalue weighted by Crippen LogP contribution is 2.24. The van der Waals surface area contributed by atoms with E-state index in [4.69, 9.17) is 4.74 Å². The van der Waals surface area contributed by atoms with Crippen molar-refractivity contribution in [1.29, 1.82) is 0 Å². The molecule has 0 fully saturated rings. The number of aromatic nitrogens is 2. The van der Waals surface area contributed by atoms with Crippen LogP contribution in [0.25, 0.3) is 0 Å². The molecule has 0 saturated heterocycles.